The molecule has 0 spiro atoms. The Morgan fingerprint density at radius 1 is 1.35 bits per heavy atom. The summed E-state index contributed by atoms with van der Waals surface area (Å²) in [6, 6.07) is 8.73. The third-order valence-electron chi connectivity index (χ3n) is 3.74. The molecule has 1 N–H and O–H groups in total. The smallest absolute Gasteiger partial charge is 0.231 e. The molecule has 2 aromatic rings. The summed E-state index contributed by atoms with van der Waals surface area (Å²) >= 11 is 0. The minimum absolute atomic E-state index is 0.263. The molecule has 2 atom stereocenters. The fourth-order valence-corrected chi connectivity index (χ4v) is 2.44. The van der Waals surface area contributed by atoms with Crippen LogP contribution in [0.4, 0.5) is 0 Å². The van der Waals surface area contributed by atoms with Gasteiger partial charge in [0.2, 0.25) is 5.89 Å². The molecule has 1 aromatic heterocycles. The highest BCUT2D eigenvalue weighted by atomic mass is 16.5. The van der Waals surface area contributed by atoms with Crippen molar-refractivity contribution in [1.29, 1.82) is 0 Å². The molecule has 0 amide bonds. The molecule has 2 rings (SSSR count). The standard InChI is InChI=1S/C16H23N3O/c1-5-14(12(3)17-4)16-18-15(19-20-16)10-13-8-6-7-11(2)9-13/h6-9,12,14,17H,5,10H2,1-4H3. The van der Waals surface area contributed by atoms with Crippen molar-refractivity contribution in [3.8, 4) is 0 Å². The lowest BCUT2D eigenvalue weighted by Gasteiger charge is -2.17. The summed E-state index contributed by atoms with van der Waals surface area (Å²) in [7, 11) is 1.96. The van der Waals surface area contributed by atoms with Gasteiger partial charge < -0.3 is 9.84 Å². The van der Waals surface area contributed by atoms with Crippen LogP contribution in [-0.4, -0.2) is 23.2 Å². The first-order valence-corrected chi connectivity index (χ1v) is 7.19. The summed E-state index contributed by atoms with van der Waals surface area (Å²) in [5.74, 6) is 1.75. The predicted octanol–water partition coefficient (Wildman–Crippen LogP) is 3.07. The van der Waals surface area contributed by atoms with Crippen LogP contribution in [0.2, 0.25) is 0 Å². The summed E-state index contributed by atoms with van der Waals surface area (Å²) < 4.78 is 5.44. The first-order chi connectivity index (χ1) is 9.63. The van der Waals surface area contributed by atoms with E-state index in [-0.39, 0.29) is 5.92 Å². The van der Waals surface area contributed by atoms with Crippen molar-refractivity contribution < 1.29 is 4.52 Å². The van der Waals surface area contributed by atoms with Crippen molar-refractivity contribution in [1.82, 2.24) is 15.5 Å². The molecule has 0 bridgehead atoms. The van der Waals surface area contributed by atoms with Gasteiger partial charge in [-0.3, -0.25) is 0 Å². The van der Waals surface area contributed by atoms with Gasteiger partial charge in [0, 0.05) is 12.5 Å². The highest BCUT2D eigenvalue weighted by molar-refractivity contribution is 5.24. The molecule has 4 nitrogen and oxygen atoms in total. The van der Waals surface area contributed by atoms with Crippen LogP contribution >= 0.6 is 0 Å². The molecule has 108 valence electrons. The van der Waals surface area contributed by atoms with Crippen LogP contribution in [0, 0.1) is 6.92 Å². The topological polar surface area (TPSA) is 51.0 Å². The molecule has 0 saturated heterocycles. The Morgan fingerprint density at radius 2 is 2.15 bits per heavy atom. The number of rotatable bonds is 6. The zero-order valence-electron chi connectivity index (χ0n) is 12.7. The van der Waals surface area contributed by atoms with Crippen LogP contribution < -0.4 is 5.32 Å². The number of likely N-dealkylation sites (N-methyl/N-ethyl adjacent to an activating group) is 1. The lowest BCUT2D eigenvalue weighted by Crippen LogP contribution is -2.28. The molecule has 0 aliphatic heterocycles. The monoisotopic (exact) mass is 273 g/mol. The second kappa shape index (κ2) is 6.66. The van der Waals surface area contributed by atoms with E-state index in [0.29, 0.717) is 6.04 Å². The summed E-state index contributed by atoms with van der Waals surface area (Å²) in [5, 5.41) is 7.37. The molecule has 4 heteroatoms. The van der Waals surface area contributed by atoms with E-state index in [1.165, 1.54) is 11.1 Å². The van der Waals surface area contributed by atoms with Crippen molar-refractivity contribution in [3.05, 3.63) is 47.1 Å². The molecule has 0 aliphatic rings. The minimum atomic E-state index is 0.263. The number of aryl methyl sites for hydroxylation is 1. The fraction of sp³-hybridized carbons (Fsp3) is 0.500. The molecule has 1 heterocycles. The molecule has 20 heavy (non-hydrogen) atoms. The highest BCUT2D eigenvalue weighted by Gasteiger charge is 2.22. The number of aromatic nitrogens is 2. The lowest BCUT2D eigenvalue weighted by molar-refractivity contribution is 0.320. The summed E-state index contributed by atoms with van der Waals surface area (Å²) in [4.78, 5) is 4.56. The molecule has 0 saturated carbocycles. The fourth-order valence-electron chi connectivity index (χ4n) is 2.44. The van der Waals surface area contributed by atoms with Crippen LogP contribution in [0.3, 0.4) is 0 Å². The van der Waals surface area contributed by atoms with Gasteiger partial charge >= 0.3 is 0 Å². The zero-order chi connectivity index (χ0) is 14.5. The van der Waals surface area contributed by atoms with Gasteiger partial charge in [0.1, 0.15) is 0 Å². The quantitative estimate of drug-likeness (QED) is 0.878. The Hall–Kier alpha value is -1.68. The minimum Gasteiger partial charge on any atom is -0.339 e. The number of nitrogens with zero attached hydrogens (tertiary/aromatic N) is 2. The van der Waals surface area contributed by atoms with Crippen molar-refractivity contribution >= 4 is 0 Å². The van der Waals surface area contributed by atoms with Crippen LogP contribution in [-0.2, 0) is 6.42 Å². The number of nitrogens with one attached hydrogen (secondary N) is 1. The van der Waals surface area contributed by atoms with Crippen LogP contribution in [0.25, 0.3) is 0 Å². The summed E-state index contributed by atoms with van der Waals surface area (Å²) in [6.45, 7) is 6.37. The maximum atomic E-state index is 5.44. The molecule has 0 aliphatic carbocycles. The second-order valence-electron chi connectivity index (χ2n) is 5.31. The van der Waals surface area contributed by atoms with Crippen molar-refractivity contribution in [3.63, 3.8) is 0 Å². The Labute approximate surface area is 120 Å². The Bertz CT molecular complexity index is 550. The summed E-state index contributed by atoms with van der Waals surface area (Å²) in [5.41, 5.74) is 2.47. The maximum absolute atomic E-state index is 5.44. The molecular weight excluding hydrogens is 250 g/mol. The van der Waals surface area contributed by atoms with Gasteiger partial charge in [0.15, 0.2) is 5.82 Å². The Morgan fingerprint density at radius 3 is 2.80 bits per heavy atom. The van der Waals surface area contributed by atoms with E-state index in [4.69, 9.17) is 4.52 Å². The zero-order valence-corrected chi connectivity index (χ0v) is 12.7. The molecule has 0 fully saturated rings. The van der Waals surface area contributed by atoms with Gasteiger partial charge in [-0.2, -0.15) is 4.98 Å². The molecule has 1 aromatic carbocycles. The molecule has 2 unspecified atom stereocenters. The van der Waals surface area contributed by atoms with Crippen LogP contribution in [0.1, 0.15) is 49.0 Å². The van der Waals surface area contributed by atoms with Gasteiger partial charge in [-0.05, 0) is 32.9 Å². The van der Waals surface area contributed by atoms with Crippen LogP contribution in [0.15, 0.2) is 28.8 Å². The number of benzene rings is 1. The number of hydrogen-bond donors (Lipinski definition) is 1. The SMILES string of the molecule is CCC(c1nc(Cc2cccc(C)c2)no1)C(C)NC. The van der Waals surface area contributed by atoms with E-state index in [0.717, 1.165) is 24.6 Å². The predicted molar refractivity (Wildman–Crippen MR) is 79.8 cm³/mol. The largest absolute Gasteiger partial charge is 0.339 e. The van der Waals surface area contributed by atoms with Gasteiger partial charge in [-0.15, -0.1) is 0 Å². The highest BCUT2D eigenvalue weighted by Crippen LogP contribution is 2.22. The van der Waals surface area contributed by atoms with Crippen molar-refractivity contribution in [2.24, 2.45) is 0 Å². The molecule has 0 radical (unpaired) electrons. The first-order valence-electron chi connectivity index (χ1n) is 7.19. The van der Waals surface area contributed by atoms with E-state index < -0.39 is 0 Å². The van der Waals surface area contributed by atoms with Crippen molar-refractivity contribution in [2.75, 3.05) is 7.05 Å². The van der Waals surface area contributed by atoms with E-state index in [9.17, 15) is 0 Å². The Kier molecular flexibility index (Phi) is 4.90. The van der Waals surface area contributed by atoms with E-state index in [1.807, 2.05) is 7.05 Å². The summed E-state index contributed by atoms with van der Waals surface area (Å²) in [6.07, 6.45) is 1.70. The lowest BCUT2D eigenvalue weighted by atomic mass is 9.98. The van der Waals surface area contributed by atoms with E-state index in [1.54, 1.807) is 0 Å². The average Bonchev–Trinajstić information content (AvgIpc) is 2.87. The van der Waals surface area contributed by atoms with E-state index >= 15 is 0 Å². The third kappa shape index (κ3) is 3.45. The second-order valence-corrected chi connectivity index (χ2v) is 5.31. The van der Waals surface area contributed by atoms with Gasteiger partial charge in [-0.25, -0.2) is 0 Å². The van der Waals surface area contributed by atoms with Gasteiger partial charge in [0.25, 0.3) is 0 Å². The van der Waals surface area contributed by atoms with Crippen LogP contribution in [0.5, 0.6) is 0 Å². The normalized spacial score (nSPS) is 14.2. The van der Waals surface area contributed by atoms with Crippen molar-refractivity contribution in [2.45, 2.75) is 45.6 Å². The Balaban J connectivity index is 2.12. The average molecular weight is 273 g/mol. The van der Waals surface area contributed by atoms with Gasteiger partial charge in [-0.1, -0.05) is 41.9 Å². The number of hydrogen-bond acceptors (Lipinski definition) is 4. The maximum Gasteiger partial charge on any atom is 0.231 e. The molecular formula is C16H23N3O. The van der Waals surface area contributed by atoms with Gasteiger partial charge in [0.05, 0.1) is 5.92 Å². The third-order valence-corrected chi connectivity index (χ3v) is 3.74. The first kappa shape index (κ1) is 14.7. The van der Waals surface area contributed by atoms with E-state index in [2.05, 4.69) is 60.5 Å².